The summed E-state index contributed by atoms with van der Waals surface area (Å²) in [7, 11) is 0. The quantitative estimate of drug-likeness (QED) is 0.749. The Bertz CT molecular complexity index is 370. The van der Waals surface area contributed by atoms with Gasteiger partial charge in [0.15, 0.2) is 5.69 Å². The summed E-state index contributed by atoms with van der Waals surface area (Å²) in [5, 5.41) is 13.2. The maximum atomic E-state index is 5.33. The predicted octanol–water partition coefficient (Wildman–Crippen LogP) is 0.0893. The summed E-state index contributed by atoms with van der Waals surface area (Å²) in [6, 6.07) is 0. The Balaban J connectivity index is 2.23. The molecule has 0 aliphatic rings. The summed E-state index contributed by atoms with van der Waals surface area (Å²) in [5.74, 6) is 0.933. The average molecular weight is 197 g/mol. The van der Waals surface area contributed by atoms with E-state index in [0.29, 0.717) is 30.4 Å². The van der Waals surface area contributed by atoms with Crippen LogP contribution in [0.1, 0.15) is 5.89 Å². The zero-order valence-electron chi connectivity index (χ0n) is 6.67. The second-order valence-electron chi connectivity index (χ2n) is 2.33. The molecule has 0 fully saturated rings. The molecule has 2 rings (SSSR count). The van der Waals surface area contributed by atoms with Gasteiger partial charge in [0.1, 0.15) is 0 Å². The van der Waals surface area contributed by atoms with Crippen molar-refractivity contribution in [2.75, 3.05) is 6.54 Å². The molecule has 7 heteroatoms. The molecular weight excluding hydrogens is 190 g/mol. The minimum Gasteiger partial charge on any atom is -0.419 e. The van der Waals surface area contributed by atoms with E-state index in [9.17, 15) is 0 Å². The molecule has 0 amide bonds. The van der Waals surface area contributed by atoms with Gasteiger partial charge in [0.05, 0.1) is 0 Å². The number of hydrogen-bond acceptors (Lipinski definition) is 7. The van der Waals surface area contributed by atoms with E-state index >= 15 is 0 Å². The molecule has 0 aliphatic heterocycles. The fourth-order valence-corrected chi connectivity index (χ4v) is 1.27. The van der Waals surface area contributed by atoms with Gasteiger partial charge < -0.3 is 10.2 Å². The lowest BCUT2D eigenvalue weighted by atomic mass is 10.4. The average Bonchev–Trinajstić information content (AvgIpc) is 2.70. The molecule has 6 nitrogen and oxygen atoms in total. The number of nitrogens with zero attached hydrogens (tertiary/aromatic N) is 4. The Hall–Kier alpha value is -1.34. The van der Waals surface area contributed by atoms with Gasteiger partial charge in [-0.25, -0.2) is 0 Å². The van der Waals surface area contributed by atoms with Crippen molar-refractivity contribution in [3.63, 3.8) is 0 Å². The van der Waals surface area contributed by atoms with Gasteiger partial charge in [-0.1, -0.05) is 4.49 Å². The molecule has 0 radical (unpaired) electrons. The van der Waals surface area contributed by atoms with E-state index in [1.54, 1.807) is 5.38 Å². The molecule has 13 heavy (non-hydrogen) atoms. The van der Waals surface area contributed by atoms with Gasteiger partial charge in [0, 0.05) is 18.3 Å². The molecule has 2 aromatic heterocycles. The summed E-state index contributed by atoms with van der Waals surface area (Å²) in [4.78, 5) is 0. The Morgan fingerprint density at radius 3 is 3.00 bits per heavy atom. The van der Waals surface area contributed by atoms with Gasteiger partial charge in [0.2, 0.25) is 5.89 Å². The van der Waals surface area contributed by atoms with E-state index in [2.05, 4.69) is 19.8 Å². The molecule has 2 aromatic rings. The minimum absolute atomic E-state index is 0.400. The van der Waals surface area contributed by atoms with Crippen molar-refractivity contribution in [2.45, 2.75) is 6.42 Å². The van der Waals surface area contributed by atoms with Crippen LogP contribution in [0.4, 0.5) is 0 Å². The van der Waals surface area contributed by atoms with Gasteiger partial charge in [-0.05, 0) is 11.5 Å². The van der Waals surface area contributed by atoms with Gasteiger partial charge in [-0.2, -0.15) is 0 Å². The van der Waals surface area contributed by atoms with E-state index in [4.69, 9.17) is 10.2 Å². The van der Waals surface area contributed by atoms with E-state index < -0.39 is 0 Å². The van der Waals surface area contributed by atoms with Crippen LogP contribution in [0, 0.1) is 0 Å². The van der Waals surface area contributed by atoms with Gasteiger partial charge >= 0.3 is 0 Å². The highest BCUT2D eigenvalue weighted by atomic mass is 32.1. The van der Waals surface area contributed by atoms with E-state index in [1.165, 1.54) is 11.5 Å². The summed E-state index contributed by atoms with van der Waals surface area (Å²) >= 11 is 1.24. The SMILES string of the molecule is NCCc1nnc(-c2csnn2)o1. The fraction of sp³-hybridized carbons (Fsp3) is 0.333. The van der Waals surface area contributed by atoms with Crippen LogP contribution in [0.5, 0.6) is 0 Å². The third-order valence-corrected chi connectivity index (χ3v) is 1.91. The first kappa shape index (κ1) is 8.27. The lowest BCUT2D eigenvalue weighted by molar-refractivity contribution is 0.505. The Labute approximate surface area is 77.9 Å². The maximum Gasteiger partial charge on any atom is 0.269 e. The highest BCUT2D eigenvalue weighted by molar-refractivity contribution is 7.03. The predicted molar refractivity (Wildman–Crippen MR) is 46.0 cm³/mol. The van der Waals surface area contributed by atoms with Crippen molar-refractivity contribution in [3.8, 4) is 11.6 Å². The molecule has 2 N–H and O–H groups in total. The van der Waals surface area contributed by atoms with Crippen molar-refractivity contribution in [1.82, 2.24) is 19.8 Å². The minimum atomic E-state index is 0.400. The summed E-state index contributed by atoms with van der Waals surface area (Å²) < 4.78 is 8.96. The van der Waals surface area contributed by atoms with Crippen molar-refractivity contribution in [3.05, 3.63) is 11.3 Å². The Kier molecular flexibility index (Phi) is 2.28. The Morgan fingerprint density at radius 2 is 2.31 bits per heavy atom. The topological polar surface area (TPSA) is 90.7 Å². The largest absolute Gasteiger partial charge is 0.419 e. The smallest absolute Gasteiger partial charge is 0.269 e. The van der Waals surface area contributed by atoms with Gasteiger partial charge in [-0.3, -0.25) is 0 Å². The highest BCUT2D eigenvalue weighted by Gasteiger charge is 2.09. The van der Waals surface area contributed by atoms with Crippen LogP contribution >= 0.6 is 11.5 Å². The van der Waals surface area contributed by atoms with Crippen LogP contribution in [-0.2, 0) is 6.42 Å². The molecule has 2 heterocycles. The molecule has 0 aromatic carbocycles. The number of nitrogens with two attached hydrogens (primary N) is 1. The molecular formula is C6H7N5OS. The standard InChI is InChI=1S/C6H7N5OS/c7-2-1-5-9-10-6(12-5)4-3-13-11-8-4/h3H,1-2,7H2. The fourth-order valence-electron chi connectivity index (χ4n) is 0.839. The summed E-state index contributed by atoms with van der Waals surface area (Å²) in [6.07, 6.45) is 0.588. The molecule has 0 saturated carbocycles. The molecule has 0 saturated heterocycles. The van der Waals surface area contributed by atoms with Crippen molar-refractivity contribution in [2.24, 2.45) is 5.73 Å². The summed E-state index contributed by atoms with van der Waals surface area (Å²) in [6.45, 7) is 0.497. The van der Waals surface area contributed by atoms with Crippen molar-refractivity contribution in [1.29, 1.82) is 0 Å². The zero-order chi connectivity index (χ0) is 9.10. The van der Waals surface area contributed by atoms with Crippen LogP contribution in [0.25, 0.3) is 11.6 Å². The van der Waals surface area contributed by atoms with E-state index in [0.717, 1.165) is 0 Å². The highest BCUT2D eigenvalue weighted by Crippen LogP contribution is 2.15. The lowest BCUT2D eigenvalue weighted by Crippen LogP contribution is -2.02. The second kappa shape index (κ2) is 3.58. The molecule has 0 aliphatic carbocycles. The van der Waals surface area contributed by atoms with Crippen molar-refractivity contribution < 1.29 is 4.42 Å². The summed E-state index contributed by atoms with van der Waals surface area (Å²) in [5.41, 5.74) is 5.95. The van der Waals surface area contributed by atoms with Crippen LogP contribution in [-0.4, -0.2) is 26.3 Å². The zero-order valence-corrected chi connectivity index (χ0v) is 7.49. The number of hydrogen-bond donors (Lipinski definition) is 1. The molecule has 0 atom stereocenters. The van der Waals surface area contributed by atoms with Gasteiger partial charge in [-0.15, -0.1) is 15.3 Å². The number of rotatable bonds is 3. The van der Waals surface area contributed by atoms with Crippen LogP contribution in [0.3, 0.4) is 0 Å². The molecule has 0 bridgehead atoms. The van der Waals surface area contributed by atoms with Crippen LogP contribution in [0.2, 0.25) is 0 Å². The lowest BCUT2D eigenvalue weighted by Gasteiger charge is -1.86. The third-order valence-electron chi connectivity index (χ3n) is 1.40. The Morgan fingerprint density at radius 1 is 1.38 bits per heavy atom. The van der Waals surface area contributed by atoms with Gasteiger partial charge in [0.25, 0.3) is 5.89 Å². The van der Waals surface area contributed by atoms with E-state index in [-0.39, 0.29) is 0 Å². The maximum absolute atomic E-state index is 5.33. The van der Waals surface area contributed by atoms with Crippen LogP contribution in [0.15, 0.2) is 9.80 Å². The van der Waals surface area contributed by atoms with E-state index in [1.807, 2.05) is 0 Å². The monoisotopic (exact) mass is 197 g/mol. The van der Waals surface area contributed by atoms with Crippen molar-refractivity contribution >= 4 is 11.5 Å². The molecule has 0 unspecified atom stereocenters. The second-order valence-corrected chi connectivity index (χ2v) is 2.94. The number of aromatic nitrogens is 4. The first-order valence-corrected chi connectivity index (χ1v) is 4.53. The first-order chi connectivity index (χ1) is 6.40. The first-order valence-electron chi connectivity index (χ1n) is 3.70. The normalized spacial score (nSPS) is 10.5. The molecule has 68 valence electrons. The molecule has 0 spiro atoms. The van der Waals surface area contributed by atoms with Crippen LogP contribution < -0.4 is 5.73 Å². The third kappa shape index (κ3) is 1.70.